The number of carbonyl (C=O) groups excluding carboxylic acids is 1. The van der Waals surface area contributed by atoms with Crippen LogP contribution >= 0.6 is 0 Å². The molecule has 7 heteroatoms. The van der Waals surface area contributed by atoms with Crippen molar-refractivity contribution in [3.05, 3.63) is 42.0 Å². The third kappa shape index (κ3) is 3.36. The van der Waals surface area contributed by atoms with Crippen molar-refractivity contribution in [3.8, 4) is 0 Å². The van der Waals surface area contributed by atoms with Crippen LogP contribution in [-0.4, -0.2) is 31.6 Å². The summed E-state index contributed by atoms with van der Waals surface area (Å²) in [5.74, 6) is -0.211. The predicted molar refractivity (Wildman–Crippen MR) is 74.4 cm³/mol. The molecule has 1 aliphatic rings. The first-order chi connectivity index (χ1) is 10.1. The maximum atomic E-state index is 13.2. The normalized spacial score (nSPS) is 14.1. The van der Waals surface area contributed by atoms with Gasteiger partial charge in [-0.1, -0.05) is 12.1 Å². The molecule has 0 bridgehead atoms. The molecule has 3 rings (SSSR count). The molecule has 110 valence electrons. The number of nitrogens with two attached hydrogens (primary N) is 1. The van der Waals surface area contributed by atoms with Crippen molar-refractivity contribution < 1.29 is 9.18 Å². The van der Waals surface area contributed by atoms with Crippen molar-refractivity contribution in [2.75, 3.05) is 5.73 Å². The fourth-order valence-electron chi connectivity index (χ4n) is 2.25. The van der Waals surface area contributed by atoms with Gasteiger partial charge < -0.3 is 10.6 Å². The average Bonchev–Trinajstić information content (AvgIpc) is 3.20. The van der Waals surface area contributed by atoms with Crippen LogP contribution in [0.1, 0.15) is 18.4 Å². The van der Waals surface area contributed by atoms with E-state index in [-0.39, 0.29) is 30.3 Å². The lowest BCUT2D eigenvalue weighted by atomic mass is 10.2. The van der Waals surface area contributed by atoms with Gasteiger partial charge in [-0.25, -0.2) is 14.1 Å². The largest absolute Gasteiger partial charge is 0.367 e. The Balaban J connectivity index is 1.70. The van der Waals surface area contributed by atoms with Crippen molar-refractivity contribution in [3.63, 3.8) is 0 Å². The minimum atomic E-state index is -0.292. The van der Waals surface area contributed by atoms with Crippen LogP contribution in [0.2, 0.25) is 0 Å². The zero-order valence-corrected chi connectivity index (χ0v) is 11.4. The summed E-state index contributed by atoms with van der Waals surface area (Å²) in [7, 11) is 0. The first-order valence-electron chi connectivity index (χ1n) is 6.80. The standard InChI is InChI=1S/C14H16FN5O/c15-11-3-1-2-10(6-11)7-20(12-4-5-12)13(21)8-19-9-17-14(16)18-19/h1-3,6,9,12H,4-5,7-8H2,(H2,16,18). The van der Waals surface area contributed by atoms with Gasteiger partial charge in [0.2, 0.25) is 11.9 Å². The number of hydrogen-bond acceptors (Lipinski definition) is 4. The number of benzene rings is 1. The van der Waals surface area contributed by atoms with Crippen LogP contribution in [-0.2, 0) is 17.9 Å². The summed E-state index contributed by atoms with van der Waals surface area (Å²) in [6.07, 6.45) is 3.40. The number of rotatable bonds is 5. The van der Waals surface area contributed by atoms with Gasteiger partial charge in [-0.05, 0) is 30.5 Å². The molecule has 0 radical (unpaired) electrons. The van der Waals surface area contributed by atoms with Gasteiger partial charge in [-0.2, -0.15) is 0 Å². The molecule has 0 unspecified atom stereocenters. The molecule has 1 amide bonds. The Morgan fingerprint density at radius 1 is 1.48 bits per heavy atom. The second kappa shape index (κ2) is 5.51. The SMILES string of the molecule is Nc1ncn(CC(=O)N(Cc2cccc(F)c2)C2CC2)n1. The van der Waals surface area contributed by atoms with Crippen molar-refractivity contribution in [1.82, 2.24) is 19.7 Å². The summed E-state index contributed by atoms with van der Waals surface area (Å²) >= 11 is 0. The lowest BCUT2D eigenvalue weighted by molar-refractivity contribution is -0.133. The molecule has 2 N–H and O–H groups in total. The van der Waals surface area contributed by atoms with E-state index in [2.05, 4.69) is 10.1 Å². The van der Waals surface area contributed by atoms with Crippen LogP contribution in [0.5, 0.6) is 0 Å². The quantitative estimate of drug-likeness (QED) is 0.897. The molecular weight excluding hydrogens is 273 g/mol. The van der Waals surface area contributed by atoms with Gasteiger partial charge in [0.15, 0.2) is 0 Å². The number of anilines is 1. The third-order valence-electron chi connectivity index (χ3n) is 3.40. The molecule has 1 aliphatic carbocycles. The van der Waals surface area contributed by atoms with Crippen molar-refractivity contribution in [2.45, 2.75) is 32.0 Å². The Bertz CT molecular complexity index is 652. The summed E-state index contributed by atoms with van der Waals surface area (Å²) in [4.78, 5) is 18.0. The van der Waals surface area contributed by atoms with Crippen LogP contribution in [0.3, 0.4) is 0 Å². The average molecular weight is 289 g/mol. The highest BCUT2D eigenvalue weighted by molar-refractivity contribution is 5.76. The first kappa shape index (κ1) is 13.5. The molecule has 1 aromatic carbocycles. The first-order valence-corrected chi connectivity index (χ1v) is 6.80. The highest BCUT2D eigenvalue weighted by atomic mass is 19.1. The van der Waals surface area contributed by atoms with Crippen LogP contribution in [0, 0.1) is 5.82 Å². The smallest absolute Gasteiger partial charge is 0.244 e. The van der Waals surface area contributed by atoms with E-state index in [9.17, 15) is 9.18 Å². The van der Waals surface area contributed by atoms with Crippen molar-refractivity contribution in [2.24, 2.45) is 0 Å². The Morgan fingerprint density at radius 2 is 2.29 bits per heavy atom. The van der Waals surface area contributed by atoms with Gasteiger partial charge in [0.05, 0.1) is 0 Å². The van der Waals surface area contributed by atoms with E-state index in [0.717, 1.165) is 18.4 Å². The topological polar surface area (TPSA) is 77.0 Å². The summed E-state index contributed by atoms with van der Waals surface area (Å²) < 4.78 is 14.7. The number of carbonyl (C=O) groups is 1. The van der Waals surface area contributed by atoms with Crippen molar-refractivity contribution >= 4 is 11.9 Å². The molecule has 0 spiro atoms. The number of aromatic nitrogens is 3. The predicted octanol–water partition coefficient (Wildman–Crippen LogP) is 1.19. The zero-order chi connectivity index (χ0) is 14.8. The van der Waals surface area contributed by atoms with Gasteiger partial charge in [0, 0.05) is 12.6 Å². The third-order valence-corrected chi connectivity index (χ3v) is 3.40. The highest BCUT2D eigenvalue weighted by Crippen LogP contribution is 2.28. The van der Waals surface area contributed by atoms with E-state index >= 15 is 0 Å². The number of amides is 1. The van der Waals surface area contributed by atoms with Gasteiger partial charge >= 0.3 is 0 Å². The molecule has 0 saturated heterocycles. The van der Waals surface area contributed by atoms with Gasteiger partial charge in [0.1, 0.15) is 18.7 Å². The van der Waals surface area contributed by atoms with Gasteiger partial charge in [-0.15, -0.1) is 5.10 Å². The fraction of sp³-hybridized carbons (Fsp3) is 0.357. The van der Waals surface area contributed by atoms with E-state index in [1.165, 1.54) is 23.1 Å². The van der Waals surface area contributed by atoms with E-state index in [1.54, 1.807) is 11.0 Å². The second-order valence-electron chi connectivity index (χ2n) is 5.18. The molecule has 0 atom stereocenters. The molecule has 1 aromatic heterocycles. The van der Waals surface area contributed by atoms with E-state index in [0.29, 0.717) is 6.54 Å². The maximum Gasteiger partial charge on any atom is 0.244 e. The second-order valence-corrected chi connectivity index (χ2v) is 5.18. The monoisotopic (exact) mass is 289 g/mol. The molecule has 1 saturated carbocycles. The number of nitrogens with zero attached hydrogens (tertiary/aromatic N) is 4. The summed E-state index contributed by atoms with van der Waals surface area (Å²) in [5.41, 5.74) is 6.22. The summed E-state index contributed by atoms with van der Waals surface area (Å²) in [6.45, 7) is 0.501. The zero-order valence-electron chi connectivity index (χ0n) is 11.4. The Kier molecular flexibility index (Phi) is 3.55. The summed E-state index contributed by atoms with van der Waals surface area (Å²) in [6, 6.07) is 6.56. The number of hydrogen-bond donors (Lipinski definition) is 1. The summed E-state index contributed by atoms with van der Waals surface area (Å²) in [5, 5.41) is 3.91. The molecule has 21 heavy (non-hydrogen) atoms. The van der Waals surface area contributed by atoms with E-state index in [4.69, 9.17) is 5.73 Å². The van der Waals surface area contributed by atoms with E-state index in [1.807, 2.05) is 6.07 Å². The maximum absolute atomic E-state index is 13.2. The number of nitrogen functional groups attached to an aromatic ring is 1. The number of halogens is 1. The minimum Gasteiger partial charge on any atom is -0.367 e. The molecule has 1 heterocycles. The lowest BCUT2D eigenvalue weighted by Gasteiger charge is -2.22. The Morgan fingerprint density at radius 3 is 2.90 bits per heavy atom. The molecular formula is C14H16FN5O. The lowest BCUT2D eigenvalue weighted by Crippen LogP contribution is -2.35. The van der Waals surface area contributed by atoms with Crippen LogP contribution in [0.4, 0.5) is 10.3 Å². The fourth-order valence-corrected chi connectivity index (χ4v) is 2.25. The van der Waals surface area contributed by atoms with Crippen LogP contribution < -0.4 is 5.73 Å². The Hall–Kier alpha value is -2.44. The minimum absolute atomic E-state index is 0.0633. The van der Waals surface area contributed by atoms with Gasteiger partial charge in [0.25, 0.3) is 0 Å². The van der Waals surface area contributed by atoms with Crippen molar-refractivity contribution in [1.29, 1.82) is 0 Å². The molecule has 0 aliphatic heterocycles. The Labute approximate surface area is 121 Å². The molecule has 2 aromatic rings. The van der Waals surface area contributed by atoms with E-state index < -0.39 is 0 Å². The molecule has 1 fully saturated rings. The van der Waals surface area contributed by atoms with Gasteiger partial charge in [-0.3, -0.25) is 4.79 Å². The van der Waals surface area contributed by atoms with Crippen LogP contribution in [0.15, 0.2) is 30.6 Å². The highest BCUT2D eigenvalue weighted by Gasteiger charge is 2.32. The molecule has 6 nitrogen and oxygen atoms in total. The van der Waals surface area contributed by atoms with Crippen LogP contribution in [0.25, 0.3) is 0 Å².